The van der Waals surface area contributed by atoms with E-state index >= 15 is 0 Å². The largest absolute Gasteiger partial charge is 0.478 e. The summed E-state index contributed by atoms with van der Waals surface area (Å²) in [4.78, 5) is 16.6. The number of amides is 1. The second-order valence-corrected chi connectivity index (χ2v) is 5.46. The van der Waals surface area contributed by atoms with E-state index in [2.05, 4.69) is 17.2 Å². The Balaban J connectivity index is 2.63. The summed E-state index contributed by atoms with van der Waals surface area (Å²) in [5.74, 6) is 0.435. The van der Waals surface area contributed by atoms with E-state index < -0.39 is 5.60 Å². The smallest absolute Gasteiger partial charge is 0.256 e. The van der Waals surface area contributed by atoms with Crippen LogP contribution in [0.2, 0.25) is 0 Å². The highest BCUT2D eigenvalue weighted by atomic mass is 16.5. The molecule has 0 saturated heterocycles. The molecule has 5 nitrogen and oxygen atoms in total. The molecular formula is C17H28N2O3. The molecule has 1 aromatic heterocycles. The minimum atomic E-state index is -0.806. The molecule has 1 amide bonds. The molecule has 1 atom stereocenters. The van der Waals surface area contributed by atoms with Gasteiger partial charge in [-0.3, -0.25) is 4.79 Å². The van der Waals surface area contributed by atoms with Gasteiger partial charge in [0.15, 0.2) is 0 Å². The van der Waals surface area contributed by atoms with Crippen molar-refractivity contribution in [3.05, 3.63) is 18.3 Å². The van der Waals surface area contributed by atoms with Crippen LogP contribution in [0.5, 0.6) is 5.88 Å². The van der Waals surface area contributed by atoms with E-state index in [0.29, 0.717) is 31.2 Å². The molecule has 0 spiro atoms. The number of aromatic nitrogens is 1. The molecule has 0 fully saturated rings. The van der Waals surface area contributed by atoms with Crippen LogP contribution in [0.25, 0.3) is 0 Å². The highest BCUT2D eigenvalue weighted by Gasteiger charge is 2.32. The number of carbonyl (C=O) groups is 1. The molecule has 1 rings (SSSR count). The maximum Gasteiger partial charge on any atom is 0.256 e. The van der Waals surface area contributed by atoms with E-state index in [-0.39, 0.29) is 5.91 Å². The third kappa shape index (κ3) is 5.64. The zero-order valence-electron chi connectivity index (χ0n) is 14.1. The first-order valence-electron chi connectivity index (χ1n) is 8.10. The summed E-state index contributed by atoms with van der Waals surface area (Å²) in [6, 6.07) is 3.56. The predicted octanol–water partition coefficient (Wildman–Crippen LogP) is 3.79. The topological polar surface area (TPSA) is 60.5 Å². The number of hydrogen-bond donors (Lipinski definition) is 1. The van der Waals surface area contributed by atoms with Crippen LogP contribution in [0.3, 0.4) is 0 Å². The van der Waals surface area contributed by atoms with E-state index in [4.69, 9.17) is 9.47 Å². The zero-order valence-corrected chi connectivity index (χ0v) is 14.1. The van der Waals surface area contributed by atoms with Gasteiger partial charge >= 0.3 is 0 Å². The van der Waals surface area contributed by atoms with Gasteiger partial charge in [0.1, 0.15) is 5.60 Å². The van der Waals surface area contributed by atoms with Crippen LogP contribution in [-0.4, -0.2) is 29.7 Å². The SMILES string of the molecule is CCCCOc1ccc(NC(=O)C(C)(CCC)OCC)cn1. The Morgan fingerprint density at radius 2 is 2.05 bits per heavy atom. The van der Waals surface area contributed by atoms with E-state index in [1.807, 2.05) is 20.8 Å². The van der Waals surface area contributed by atoms with Crippen molar-refractivity contribution in [2.24, 2.45) is 0 Å². The first-order valence-corrected chi connectivity index (χ1v) is 8.10. The van der Waals surface area contributed by atoms with E-state index in [0.717, 1.165) is 19.3 Å². The first-order chi connectivity index (χ1) is 10.6. The summed E-state index contributed by atoms with van der Waals surface area (Å²) in [6.45, 7) is 9.03. The average molecular weight is 308 g/mol. The van der Waals surface area contributed by atoms with Gasteiger partial charge in [-0.05, 0) is 32.8 Å². The lowest BCUT2D eigenvalue weighted by molar-refractivity contribution is -0.139. The number of nitrogens with zero attached hydrogens (tertiary/aromatic N) is 1. The molecule has 1 heterocycles. The van der Waals surface area contributed by atoms with Gasteiger partial charge in [0.2, 0.25) is 5.88 Å². The molecule has 0 aliphatic rings. The fourth-order valence-electron chi connectivity index (χ4n) is 2.17. The number of anilines is 1. The second-order valence-electron chi connectivity index (χ2n) is 5.46. The Labute approximate surface area is 133 Å². The highest BCUT2D eigenvalue weighted by Crippen LogP contribution is 2.21. The zero-order chi connectivity index (χ0) is 16.4. The fourth-order valence-corrected chi connectivity index (χ4v) is 2.17. The van der Waals surface area contributed by atoms with Crippen LogP contribution in [-0.2, 0) is 9.53 Å². The van der Waals surface area contributed by atoms with Crippen LogP contribution >= 0.6 is 0 Å². The molecule has 0 aliphatic carbocycles. The van der Waals surface area contributed by atoms with Crippen LogP contribution < -0.4 is 10.1 Å². The summed E-state index contributed by atoms with van der Waals surface area (Å²) in [7, 11) is 0. The van der Waals surface area contributed by atoms with Crippen LogP contribution in [0.4, 0.5) is 5.69 Å². The number of rotatable bonds is 10. The lowest BCUT2D eigenvalue weighted by Crippen LogP contribution is -2.42. The van der Waals surface area contributed by atoms with E-state index in [9.17, 15) is 4.79 Å². The Morgan fingerprint density at radius 1 is 1.27 bits per heavy atom. The van der Waals surface area contributed by atoms with Crippen molar-refractivity contribution in [3.63, 3.8) is 0 Å². The first kappa shape index (κ1) is 18.4. The second kappa shape index (κ2) is 9.41. The Kier molecular flexibility index (Phi) is 7.88. The molecule has 0 saturated carbocycles. The van der Waals surface area contributed by atoms with Crippen molar-refractivity contribution in [2.45, 2.75) is 59.0 Å². The summed E-state index contributed by atoms with van der Waals surface area (Å²) in [5.41, 5.74) is -0.158. The average Bonchev–Trinajstić information content (AvgIpc) is 2.50. The number of carbonyl (C=O) groups excluding carboxylic acids is 1. The number of hydrogen-bond acceptors (Lipinski definition) is 4. The summed E-state index contributed by atoms with van der Waals surface area (Å²) in [6.07, 6.45) is 5.26. The molecule has 1 N–H and O–H groups in total. The third-order valence-corrected chi connectivity index (χ3v) is 3.41. The summed E-state index contributed by atoms with van der Waals surface area (Å²) in [5, 5.41) is 2.86. The van der Waals surface area contributed by atoms with Gasteiger partial charge in [-0.1, -0.05) is 26.7 Å². The summed E-state index contributed by atoms with van der Waals surface area (Å²) >= 11 is 0. The Morgan fingerprint density at radius 3 is 2.59 bits per heavy atom. The molecule has 1 unspecified atom stereocenters. The van der Waals surface area contributed by atoms with Crippen LogP contribution in [0.1, 0.15) is 53.4 Å². The molecule has 1 aromatic rings. The molecule has 5 heteroatoms. The highest BCUT2D eigenvalue weighted by molar-refractivity contribution is 5.96. The lowest BCUT2D eigenvalue weighted by atomic mass is 9.99. The minimum absolute atomic E-state index is 0.141. The molecule has 0 bridgehead atoms. The quantitative estimate of drug-likeness (QED) is 0.668. The third-order valence-electron chi connectivity index (χ3n) is 3.41. The molecule has 0 aliphatic heterocycles. The Bertz CT molecular complexity index is 440. The molecule has 0 radical (unpaired) electrons. The summed E-state index contributed by atoms with van der Waals surface area (Å²) < 4.78 is 11.1. The maximum absolute atomic E-state index is 12.4. The molecule has 0 aromatic carbocycles. The molecule has 22 heavy (non-hydrogen) atoms. The van der Waals surface area contributed by atoms with Gasteiger partial charge in [0, 0.05) is 12.7 Å². The lowest BCUT2D eigenvalue weighted by Gasteiger charge is -2.27. The molecular weight excluding hydrogens is 280 g/mol. The van der Waals surface area contributed by atoms with E-state index in [1.165, 1.54) is 0 Å². The minimum Gasteiger partial charge on any atom is -0.478 e. The monoisotopic (exact) mass is 308 g/mol. The van der Waals surface area contributed by atoms with Gasteiger partial charge in [-0.15, -0.1) is 0 Å². The molecule has 124 valence electrons. The van der Waals surface area contributed by atoms with Crippen LogP contribution in [0, 0.1) is 0 Å². The van der Waals surface area contributed by atoms with E-state index in [1.54, 1.807) is 18.3 Å². The van der Waals surface area contributed by atoms with Crippen molar-refractivity contribution >= 4 is 11.6 Å². The fraction of sp³-hybridized carbons (Fsp3) is 0.647. The standard InChI is InChI=1S/C17H28N2O3/c1-5-8-12-21-15-10-9-14(13-18-15)19-16(20)17(4,11-6-2)22-7-3/h9-10,13H,5-8,11-12H2,1-4H3,(H,19,20). The van der Waals surface area contributed by atoms with Crippen molar-refractivity contribution in [1.82, 2.24) is 4.98 Å². The van der Waals surface area contributed by atoms with Crippen molar-refractivity contribution in [3.8, 4) is 5.88 Å². The number of ether oxygens (including phenoxy) is 2. The van der Waals surface area contributed by atoms with Crippen molar-refractivity contribution in [1.29, 1.82) is 0 Å². The normalized spacial score (nSPS) is 13.5. The van der Waals surface area contributed by atoms with Gasteiger partial charge in [-0.25, -0.2) is 4.98 Å². The van der Waals surface area contributed by atoms with Crippen LogP contribution in [0.15, 0.2) is 18.3 Å². The van der Waals surface area contributed by atoms with Crippen molar-refractivity contribution in [2.75, 3.05) is 18.5 Å². The van der Waals surface area contributed by atoms with Gasteiger partial charge in [0.25, 0.3) is 5.91 Å². The van der Waals surface area contributed by atoms with Gasteiger partial charge in [0.05, 0.1) is 18.5 Å². The number of nitrogens with one attached hydrogen (secondary N) is 1. The van der Waals surface area contributed by atoms with Gasteiger partial charge in [-0.2, -0.15) is 0 Å². The van der Waals surface area contributed by atoms with Crippen molar-refractivity contribution < 1.29 is 14.3 Å². The maximum atomic E-state index is 12.4. The Hall–Kier alpha value is -1.62. The predicted molar refractivity (Wildman–Crippen MR) is 88.2 cm³/mol. The number of unbranched alkanes of at least 4 members (excludes halogenated alkanes) is 1. The van der Waals surface area contributed by atoms with Gasteiger partial charge < -0.3 is 14.8 Å². The number of pyridine rings is 1.